The molecule has 0 N–H and O–H groups in total. The third-order valence-corrected chi connectivity index (χ3v) is 4.13. The van der Waals surface area contributed by atoms with Crippen LogP contribution in [0.3, 0.4) is 0 Å². The van der Waals surface area contributed by atoms with Gasteiger partial charge in [0.15, 0.2) is 0 Å². The van der Waals surface area contributed by atoms with Gasteiger partial charge >= 0.3 is 0 Å². The SMILES string of the molecule is CCCCCN1[C@H]([C]=O)C[C@@H]2CCC[C@@H]21. The van der Waals surface area contributed by atoms with Gasteiger partial charge in [-0.2, -0.15) is 0 Å². The van der Waals surface area contributed by atoms with Crippen LogP contribution in [-0.4, -0.2) is 29.8 Å². The van der Waals surface area contributed by atoms with E-state index in [9.17, 15) is 4.79 Å². The van der Waals surface area contributed by atoms with Crippen molar-refractivity contribution in [1.82, 2.24) is 4.90 Å². The molecule has 0 bridgehead atoms. The van der Waals surface area contributed by atoms with Crippen LogP contribution in [0, 0.1) is 5.92 Å². The van der Waals surface area contributed by atoms with E-state index in [0.29, 0.717) is 6.04 Å². The van der Waals surface area contributed by atoms with Crippen LogP contribution >= 0.6 is 0 Å². The van der Waals surface area contributed by atoms with Crippen molar-refractivity contribution in [3.63, 3.8) is 0 Å². The maximum atomic E-state index is 10.9. The van der Waals surface area contributed by atoms with Crippen LogP contribution in [0.4, 0.5) is 0 Å². The average molecular weight is 208 g/mol. The Morgan fingerprint density at radius 3 is 2.93 bits per heavy atom. The van der Waals surface area contributed by atoms with Gasteiger partial charge in [0, 0.05) is 6.04 Å². The fourth-order valence-corrected chi connectivity index (χ4v) is 3.36. The lowest BCUT2D eigenvalue weighted by molar-refractivity contribution is 0.211. The van der Waals surface area contributed by atoms with E-state index in [-0.39, 0.29) is 6.04 Å². The topological polar surface area (TPSA) is 20.3 Å². The third-order valence-electron chi connectivity index (χ3n) is 4.13. The lowest BCUT2D eigenvalue weighted by Gasteiger charge is -2.26. The Labute approximate surface area is 93.0 Å². The molecule has 1 saturated carbocycles. The summed E-state index contributed by atoms with van der Waals surface area (Å²) in [6.07, 6.45) is 11.2. The standard InChI is InChI=1S/C13H22NO/c1-2-3-4-8-14-12(10-15)9-11-6-5-7-13(11)14/h11-13H,2-9H2,1H3/t11-,12-,13-/m0/s1. The molecule has 0 aromatic heterocycles. The number of carbonyl (C=O) groups excluding carboxylic acids is 1. The van der Waals surface area contributed by atoms with Crippen molar-refractivity contribution in [3.05, 3.63) is 0 Å². The molecule has 1 aliphatic heterocycles. The van der Waals surface area contributed by atoms with E-state index in [0.717, 1.165) is 18.9 Å². The molecule has 2 rings (SSSR count). The molecule has 1 aliphatic carbocycles. The first kappa shape index (κ1) is 11.1. The molecule has 2 nitrogen and oxygen atoms in total. The highest BCUT2D eigenvalue weighted by Crippen LogP contribution is 2.40. The minimum absolute atomic E-state index is 0.122. The maximum Gasteiger partial charge on any atom is 0.217 e. The second-order valence-electron chi connectivity index (χ2n) is 5.07. The van der Waals surface area contributed by atoms with E-state index in [4.69, 9.17) is 0 Å². The van der Waals surface area contributed by atoms with E-state index >= 15 is 0 Å². The Balaban J connectivity index is 1.90. The van der Waals surface area contributed by atoms with Crippen LogP contribution in [0.5, 0.6) is 0 Å². The third kappa shape index (κ3) is 2.25. The van der Waals surface area contributed by atoms with Gasteiger partial charge in [0.1, 0.15) is 0 Å². The predicted octanol–water partition coefficient (Wildman–Crippen LogP) is 2.53. The van der Waals surface area contributed by atoms with Crippen molar-refractivity contribution in [3.8, 4) is 0 Å². The second kappa shape index (κ2) is 5.11. The van der Waals surface area contributed by atoms with Gasteiger partial charge < -0.3 is 0 Å². The molecule has 3 atom stereocenters. The number of likely N-dealkylation sites (tertiary alicyclic amines) is 1. The van der Waals surface area contributed by atoms with Crippen LogP contribution in [0.1, 0.15) is 51.9 Å². The normalized spacial score (nSPS) is 35.7. The number of nitrogens with zero attached hydrogens (tertiary/aromatic N) is 1. The lowest BCUT2D eigenvalue weighted by Crippen LogP contribution is -2.37. The summed E-state index contributed by atoms with van der Waals surface area (Å²) in [6.45, 7) is 3.35. The Bertz CT molecular complexity index is 217. The van der Waals surface area contributed by atoms with Crippen molar-refractivity contribution < 1.29 is 4.79 Å². The largest absolute Gasteiger partial charge is 0.290 e. The maximum absolute atomic E-state index is 10.9. The highest BCUT2D eigenvalue weighted by atomic mass is 16.1. The molecule has 1 saturated heterocycles. The molecule has 0 aromatic carbocycles. The summed E-state index contributed by atoms with van der Waals surface area (Å²) >= 11 is 0. The molecule has 2 heteroatoms. The molecule has 15 heavy (non-hydrogen) atoms. The predicted molar refractivity (Wildman–Crippen MR) is 61.5 cm³/mol. The fourth-order valence-electron chi connectivity index (χ4n) is 3.36. The van der Waals surface area contributed by atoms with Crippen LogP contribution in [0.15, 0.2) is 0 Å². The Morgan fingerprint density at radius 1 is 1.33 bits per heavy atom. The zero-order valence-corrected chi connectivity index (χ0v) is 9.74. The van der Waals surface area contributed by atoms with E-state index < -0.39 is 0 Å². The average Bonchev–Trinajstić information content (AvgIpc) is 2.79. The zero-order chi connectivity index (χ0) is 10.7. The first-order valence-electron chi connectivity index (χ1n) is 6.50. The summed E-state index contributed by atoms with van der Waals surface area (Å²) in [4.78, 5) is 13.4. The van der Waals surface area contributed by atoms with E-state index in [1.54, 1.807) is 0 Å². The van der Waals surface area contributed by atoms with Gasteiger partial charge in [0.2, 0.25) is 6.29 Å². The van der Waals surface area contributed by atoms with Crippen molar-refractivity contribution in [2.45, 2.75) is 64.0 Å². The highest BCUT2D eigenvalue weighted by Gasteiger charge is 2.43. The van der Waals surface area contributed by atoms with E-state index in [2.05, 4.69) is 18.1 Å². The van der Waals surface area contributed by atoms with Gasteiger partial charge in [-0.25, -0.2) is 0 Å². The summed E-state index contributed by atoms with van der Waals surface area (Å²) in [6, 6.07) is 0.838. The number of hydrogen-bond donors (Lipinski definition) is 0. The van der Waals surface area contributed by atoms with E-state index in [1.807, 2.05) is 0 Å². The van der Waals surface area contributed by atoms with Crippen molar-refractivity contribution >= 4 is 6.29 Å². The first-order valence-corrected chi connectivity index (χ1v) is 6.50. The van der Waals surface area contributed by atoms with Gasteiger partial charge in [0.25, 0.3) is 0 Å². The Hall–Kier alpha value is -0.370. The van der Waals surface area contributed by atoms with Crippen LogP contribution in [0.25, 0.3) is 0 Å². The molecule has 85 valence electrons. The fraction of sp³-hybridized carbons (Fsp3) is 0.923. The van der Waals surface area contributed by atoms with Gasteiger partial charge in [-0.3, -0.25) is 9.69 Å². The Kier molecular flexibility index (Phi) is 3.79. The van der Waals surface area contributed by atoms with Crippen LogP contribution < -0.4 is 0 Å². The lowest BCUT2D eigenvalue weighted by atomic mass is 10.0. The summed E-state index contributed by atoms with van der Waals surface area (Å²) in [5.41, 5.74) is 0. The van der Waals surface area contributed by atoms with Crippen molar-refractivity contribution in [1.29, 1.82) is 0 Å². The molecular weight excluding hydrogens is 186 g/mol. The van der Waals surface area contributed by atoms with Crippen LogP contribution in [0.2, 0.25) is 0 Å². The molecule has 1 heterocycles. The number of unbranched alkanes of at least 4 members (excludes halogenated alkanes) is 2. The number of fused-ring (bicyclic) bond motifs is 1. The first-order chi connectivity index (χ1) is 7.36. The van der Waals surface area contributed by atoms with Gasteiger partial charge in [-0.15, -0.1) is 0 Å². The minimum Gasteiger partial charge on any atom is -0.290 e. The quantitative estimate of drug-likeness (QED) is 0.647. The molecule has 0 aromatic rings. The van der Waals surface area contributed by atoms with Crippen molar-refractivity contribution in [2.24, 2.45) is 5.92 Å². The summed E-state index contributed by atoms with van der Waals surface area (Å²) < 4.78 is 0. The molecule has 1 radical (unpaired) electrons. The molecule has 2 fully saturated rings. The molecule has 2 aliphatic rings. The molecule has 0 amide bonds. The Morgan fingerprint density at radius 2 is 2.20 bits per heavy atom. The number of rotatable bonds is 5. The summed E-state index contributed by atoms with van der Waals surface area (Å²) in [5.74, 6) is 0.804. The second-order valence-corrected chi connectivity index (χ2v) is 5.07. The highest BCUT2D eigenvalue weighted by molar-refractivity contribution is 5.59. The molecule has 0 spiro atoms. The van der Waals surface area contributed by atoms with Gasteiger partial charge in [-0.05, 0) is 38.1 Å². The van der Waals surface area contributed by atoms with Crippen LogP contribution in [-0.2, 0) is 4.79 Å². The van der Waals surface area contributed by atoms with Crippen molar-refractivity contribution in [2.75, 3.05) is 6.54 Å². The molecule has 0 unspecified atom stereocenters. The van der Waals surface area contributed by atoms with E-state index in [1.165, 1.54) is 38.5 Å². The zero-order valence-electron chi connectivity index (χ0n) is 9.74. The summed E-state index contributed by atoms with van der Waals surface area (Å²) in [7, 11) is 0. The molecular formula is C13H22NO. The summed E-state index contributed by atoms with van der Waals surface area (Å²) in [5, 5.41) is 0. The smallest absolute Gasteiger partial charge is 0.217 e. The number of hydrogen-bond acceptors (Lipinski definition) is 2. The monoisotopic (exact) mass is 208 g/mol. The van der Waals surface area contributed by atoms with Gasteiger partial charge in [0.05, 0.1) is 6.04 Å². The minimum atomic E-state index is 0.122. The van der Waals surface area contributed by atoms with Gasteiger partial charge in [-0.1, -0.05) is 26.2 Å².